The summed E-state index contributed by atoms with van der Waals surface area (Å²) >= 11 is 0. The first kappa shape index (κ1) is 31.0. The number of unbranched alkanes of at least 4 members (excludes halogenated alkanes) is 8. The summed E-state index contributed by atoms with van der Waals surface area (Å²) in [6, 6.07) is -0.533. The van der Waals surface area contributed by atoms with Crippen molar-refractivity contribution in [1.29, 1.82) is 0 Å². The van der Waals surface area contributed by atoms with Crippen molar-refractivity contribution >= 4 is 19.8 Å². The number of hydrogen-bond acceptors (Lipinski definition) is 7. The topological polar surface area (TPSA) is 105 Å². The third-order valence-corrected chi connectivity index (χ3v) is 6.93. The van der Waals surface area contributed by atoms with E-state index in [0.29, 0.717) is 23.9 Å². The number of nitrogens with zero attached hydrogens (tertiary/aromatic N) is 2. The molecule has 0 N–H and O–H groups in total. The fraction of sp³-hybridized carbons (Fsp3) is 0.917. The van der Waals surface area contributed by atoms with Gasteiger partial charge in [-0.05, 0) is 12.8 Å². The van der Waals surface area contributed by atoms with Gasteiger partial charge in [-0.3, -0.25) is 9.36 Å². The van der Waals surface area contributed by atoms with E-state index < -0.39 is 26.1 Å². The molecule has 0 spiro atoms. The average molecular weight is 507 g/mol. The van der Waals surface area contributed by atoms with Crippen molar-refractivity contribution in [3.63, 3.8) is 0 Å². The van der Waals surface area contributed by atoms with E-state index in [4.69, 9.17) is 13.8 Å². The van der Waals surface area contributed by atoms with Gasteiger partial charge in [0.1, 0.15) is 19.3 Å². The Labute approximate surface area is 206 Å². The van der Waals surface area contributed by atoms with Crippen LogP contribution >= 0.6 is 7.82 Å². The fourth-order valence-corrected chi connectivity index (χ4v) is 4.65. The van der Waals surface area contributed by atoms with Gasteiger partial charge in [-0.1, -0.05) is 71.6 Å². The zero-order valence-corrected chi connectivity index (χ0v) is 22.9. The molecule has 1 unspecified atom stereocenters. The maximum absolute atomic E-state index is 12.8. The second-order valence-electron chi connectivity index (χ2n) is 10.2. The van der Waals surface area contributed by atoms with Crippen molar-refractivity contribution < 1.29 is 37.3 Å². The summed E-state index contributed by atoms with van der Waals surface area (Å²) in [6.07, 6.45) is 10.2. The number of rotatable bonds is 19. The van der Waals surface area contributed by atoms with Gasteiger partial charge in [-0.15, -0.1) is 0 Å². The summed E-state index contributed by atoms with van der Waals surface area (Å²) in [7, 11) is 1.24. The fourth-order valence-electron chi connectivity index (χ4n) is 3.94. The molecule has 0 aliphatic carbocycles. The van der Waals surface area contributed by atoms with Gasteiger partial charge in [0.2, 0.25) is 5.91 Å². The maximum Gasteiger partial charge on any atom is 0.417 e. The largest absolute Gasteiger partial charge is 0.756 e. The number of likely N-dealkylation sites (N-methyl/N-ethyl adjacent to an activating group) is 1. The zero-order chi connectivity index (χ0) is 25.6. The molecule has 2 amide bonds. The Hall–Kier alpha value is -0.990. The predicted molar refractivity (Wildman–Crippen MR) is 130 cm³/mol. The van der Waals surface area contributed by atoms with E-state index in [1.807, 2.05) is 28.1 Å². The second-order valence-corrected chi connectivity index (χ2v) is 11.6. The monoisotopic (exact) mass is 506 g/mol. The van der Waals surface area contributed by atoms with E-state index in [2.05, 4.69) is 6.92 Å². The Balaban J connectivity index is 2.46. The lowest BCUT2D eigenvalue weighted by Crippen LogP contribution is -2.42. The molecule has 10 heteroatoms. The minimum atomic E-state index is -4.53. The van der Waals surface area contributed by atoms with Crippen LogP contribution < -0.4 is 4.89 Å². The Morgan fingerprint density at radius 1 is 1.00 bits per heavy atom. The van der Waals surface area contributed by atoms with Crippen molar-refractivity contribution in [2.45, 2.75) is 103 Å². The molecule has 0 aromatic rings. The highest BCUT2D eigenvalue weighted by molar-refractivity contribution is 7.45. The predicted octanol–water partition coefficient (Wildman–Crippen LogP) is 4.63. The summed E-state index contributed by atoms with van der Waals surface area (Å²) in [5.41, 5.74) is 0. The summed E-state index contributed by atoms with van der Waals surface area (Å²) in [5, 5.41) is 0. The van der Waals surface area contributed by atoms with Crippen LogP contribution in [-0.2, 0) is 23.1 Å². The van der Waals surface area contributed by atoms with Gasteiger partial charge in [0.25, 0.3) is 7.82 Å². The molecule has 1 aliphatic heterocycles. The van der Waals surface area contributed by atoms with E-state index >= 15 is 0 Å². The number of hydrogen-bond donors (Lipinski definition) is 0. The molecule has 200 valence electrons. The van der Waals surface area contributed by atoms with Crippen LogP contribution in [0.25, 0.3) is 0 Å². The molecule has 1 fully saturated rings. The number of quaternary nitrogens is 1. The van der Waals surface area contributed by atoms with Gasteiger partial charge < -0.3 is 23.2 Å². The van der Waals surface area contributed by atoms with E-state index in [1.54, 1.807) is 0 Å². The van der Waals surface area contributed by atoms with Crippen molar-refractivity contribution in [3.8, 4) is 0 Å². The molecule has 1 heterocycles. The lowest BCUT2D eigenvalue weighted by Gasteiger charge is -2.28. The third kappa shape index (κ3) is 12.6. The summed E-state index contributed by atoms with van der Waals surface area (Å²) in [6.45, 7) is 4.28. The smallest absolute Gasteiger partial charge is 0.417 e. The quantitative estimate of drug-likeness (QED) is 0.143. The van der Waals surface area contributed by atoms with E-state index in [9.17, 15) is 19.0 Å². The van der Waals surface area contributed by atoms with Gasteiger partial charge in [-0.25, -0.2) is 9.69 Å². The van der Waals surface area contributed by atoms with Gasteiger partial charge in [-0.2, -0.15) is 0 Å². The molecule has 9 nitrogen and oxygen atoms in total. The maximum atomic E-state index is 12.8. The molecule has 0 saturated carbocycles. The first-order chi connectivity index (χ1) is 16.0. The molecule has 0 radical (unpaired) electrons. The van der Waals surface area contributed by atoms with E-state index in [0.717, 1.165) is 24.2 Å². The van der Waals surface area contributed by atoms with Crippen molar-refractivity contribution in [3.05, 3.63) is 0 Å². The third-order valence-electron chi connectivity index (χ3n) is 5.97. The number of amides is 2. The molecule has 1 saturated heterocycles. The Bertz CT molecular complexity index is 654. The van der Waals surface area contributed by atoms with Crippen LogP contribution in [0, 0.1) is 0 Å². The van der Waals surface area contributed by atoms with Gasteiger partial charge in [0.05, 0.1) is 33.8 Å². The van der Waals surface area contributed by atoms with E-state index in [1.165, 1.54) is 38.5 Å². The number of imide groups is 1. The summed E-state index contributed by atoms with van der Waals surface area (Å²) < 4.78 is 27.9. The van der Waals surface area contributed by atoms with Crippen LogP contribution in [0.4, 0.5) is 4.79 Å². The van der Waals surface area contributed by atoms with Crippen LogP contribution in [-0.4, -0.2) is 74.4 Å². The molecule has 1 rings (SSSR count). The van der Waals surface area contributed by atoms with Crippen molar-refractivity contribution in [1.82, 2.24) is 4.90 Å². The molecule has 0 aromatic heterocycles. The molecule has 3 atom stereocenters. The number of carbonyl (C=O) groups excluding carboxylic acids is 2. The van der Waals surface area contributed by atoms with Gasteiger partial charge in [0, 0.05) is 6.42 Å². The average Bonchev–Trinajstić information content (AvgIpc) is 3.05. The lowest BCUT2D eigenvalue weighted by molar-refractivity contribution is -0.870. The van der Waals surface area contributed by atoms with Crippen LogP contribution in [0.1, 0.15) is 90.9 Å². The normalized spacial score (nSPS) is 20.4. The highest BCUT2D eigenvalue weighted by atomic mass is 31.2. The second kappa shape index (κ2) is 15.9. The van der Waals surface area contributed by atoms with E-state index in [-0.39, 0.29) is 25.5 Å². The standard InChI is InChI=1S/C24H47N2O7P/c1-6-8-9-10-11-12-13-14-15-17-23(27)25-21(16-7-2)22(33-24(25)28)20-32-34(29,30)31-19-18-26(3,4)5/h21-22H,6-20H2,1-5H3/t21-,22-/m1/s1. The first-order valence-corrected chi connectivity index (χ1v) is 14.4. The minimum Gasteiger partial charge on any atom is -0.756 e. The number of cyclic esters (lactones) is 1. The van der Waals surface area contributed by atoms with Crippen LogP contribution in [0.3, 0.4) is 0 Å². The van der Waals surface area contributed by atoms with Crippen LogP contribution in [0.5, 0.6) is 0 Å². The van der Waals surface area contributed by atoms with Crippen molar-refractivity contribution in [2.24, 2.45) is 0 Å². The first-order valence-electron chi connectivity index (χ1n) is 12.9. The molecule has 34 heavy (non-hydrogen) atoms. The van der Waals surface area contributed by atoms with Crippen molar-refractivity contribution in [2.75, 3.05) is 40.9 Å². The summed E-state index contributed by atoms with van der Waals surface area (Å²) in [5.74, 6) is -0.265. The zero-order valence-electron chi connectivity index (χ0n) is 22.0. The molecule has 1 aliphatic rings. The Kier molecular flexibility index (Phi) is 14.5. The van der Waals surface area contributed by atoms with Gasteiger partial charge in [0.15, 0.2) is 0 Å². The summed E-state index contributed by atoms with van der Waals surface area (Å²) in [4.78, 5) is 38.5. The number of phosphoric ester groups is 1. The Morgan fingerprint density at radius 2 is 1.59 bits per heavy atom. The number of carbonyl (C=O) groups is 2. The molecular weight excluding hydrogens is 459 g/mol. The molecule has 0 aromatic carbocycles. The number of ether oxygens (including phenoxy) is 1. The highest BCUT2D eigenvalue weighted by Gasteiger charge is 2.44. The van der Waals surface area contributed by atoms with Crippen LogP contribution in [0.15, 0.2) is 0 Å². The minimum absolute atomic E-state index is 0.00350. The number of phosphoric acid groups is 1. The SMILES string of the molecule is CCCCCCCCCCCC(=O)N1C(=O)O[C@H](COP(=O)([O-])OCC[N+](C)(C)C)[C@H]1CCC. The Morgan fingerprint density at radius 3 is 2.15 bits per heavy atom. The molecular formula is C24H47N2O7P. The van der Waals surface area contributed by atoms with Gasteiger partial charge >= 0.3 is 6.09 Å². The highest BCUT2D eigenvalue weighted by Crippen LogP contribution is 2.39. The lowest BCUT2D eigenvalue weighted by atomic mass is 10.0. The van der Waals surface area contributed by atoms with Crippen LogP contribution in [0.2, 0.25) is 0 Å². The molecule has 0 bridgehead atoms.